The normalized spacial score (nSPS) is 17.5. The Balaban J connectivity index is 1.89. The first kappa shape index (κ1) is 17.8. The predicted octanol–water partition coefficient (Wildman–Crippen LogP) is 4.74. The Morgan fingerprint density at radius 2 is 2.04 bits per heavy atom. The van der Waals surface area contributed by atoms with Gasteiger partial charge in [-0.15, -0.1) is 0 Å². The molecule has 1 aliphatic rings. The summed E-state index contributed by atoms with van der Waals surface area (Å²) >= 11 is 6.19. The minimum Gasteiger partial charge on any atom is -0.495 e. The van der Waals surface area contributed by atoms with Crippen molar-refractivity contribution < 1.29 is 4.74 Å². The number of piperidine rings is 1. The van der Waals surface area contributed by atoms with Crippen LogP contribution in [0.25, 0.3) is 0 Å². The van der Waals surface area contributed by atoms with Gasteiger partial charge in [0.15, 0.2) is 0 Å². The predicted molar refractivity (Wildman–Crippen MR) is 103 cm³/mol. The van der Waals surface area contributed by atoms with Gasteiger partial charge in [0.2, 0.25) is 5.95 Å². The van der Waals surface area contributed by atoms with Crippen LogP contribution in [0.1, 0.15) is 31.0 Å². The largest absolute Gasteiger partial charge is 0.495 e. The number of halogens is 1. The van der Waals surface area contributed by atoms with E-state index < -0.39 is 0 Å². The summed E-state index contributed by atoms with van der Waals surface area (Å²) in [6.45, 7) is 8.34. The molecular weight excluding hydrogens is 336 g/mol. The van der Waals surface area contributed by atoms with E-state index >= 15 is 0 Å². The molecule has 2 heterocycles. The molecule has 0 spiro atoms. The monoisotopic (exact) mass is 360 g/mol. The molecular formula is C19H25ClN4O. The topological polar surface area (TPSA) is 50.3 Å². The minimum atomic E-state index is 0.577. The van der Waals surface area contributed by atoms with E-state index in [0.717, 1.165) is 35.9 Å². The smallest absolute Gasteiger partial charge is 0.229 e. The minimum absolute atomic E-state index is 0.577. The molecule has 1 aliphatic heterocycles. The standard InChI is InChI=1S/C19H25ClN4O/c1-12-6-5-7-24(11-12)18-9-14(3)21-19(23-18)22-16-8-13(2)15(20)10-17(16)25-4/h8-10,12H,5-7,11H2,1-4H3,(H,21,22,23). The highest BCUT2D eigenvalue weighted by molar-refractivity contribution is 6.31. The number of anilines is 3. The molecule has 25 heavy (non-hydrogen) atoms. The highest BCUT2D eigenvalue weighted by Crippen LogP contribution is 2.33. The lowest BCUT2D eigenvalue weighted by atomic mass is 10.0. The van der Waals surface area contributed by atoms with Crippen LogP contribution < -0.4 is 15.0 Å². The summed E-state index contributed by atoms with van der Waals surface area (Å²) in [6, 6.07) is 5.81. The maximum atomic E-state index is 6.19. The van der Waals surface area contributed by atoms with Gasteiger partial charge in [-0.2, -0.15) is 4.98 Å². The number of aryl methyl sites for hydroxylation is 2. The molecule has 1 atom stereocenters. The van der Waals surface area contributed by atoms with Crippen molar-refractivity contribution in [2.24, 2.45) is 5.92 Å². The van der Waals surface area contributed by atoms with Crippen molar-refractivity contribution in [2.45, 2.75) is 33.6 Å². The fourth-order valence-corrected chi connectivity index (χ4v) is 3.37. The third-order valence-electron chi connectivity index (χ3n) is 4.55. The number of hydrogen-bond donors (Lipinski definition) is 1. The molecule has 134 valence electrons. The molecule has 1 N–H and O–H groups in total. The van der Waals surface area contributed by atoms with Crippen LogP contribution in [0, 0.1) is 19.8 Å². The zero-order valence-corrected chi connectivity index (χ0v) is 16.0. The summed E-state index contributed by atoms with van der Waals surface area (Å²) in [4.78, 5) is 11.6. The molecule has 0 bridgehead atoms. The summed E-state index contributed by atoms with van der Waals surface area (Å²) in [5.41, 5.74) is 2.73. The van der Waals surface area contributed by atoms with E-state index in [0.29, 0.717) is 22.6 Å². The zero-order chi connectivity index (χ0) is 18.0. The summed E-state index contributed by atoms with van der Waals surface area (Å²) in [6.07, 6.45) is 2.49. The first-order chi connectivity index (χ1) is 12.0. The lowest BCUT2D eigenvalue weighted by molar-refractivity contribution is 0.416. The van der Waals surface area contributed by atoms with E-state index in [-0.39, 0.29) is 0 Å². The van der Waals surface area contributed by atoms with Crippen molar-refractivity contribution in [3.63, 3.8) is 0 Å². The Kier molecular flexibility index (Phi) is 5.33. The number of ether oxygens (including phenoxy) is 1. The van der Waals surface area contributed by atoms with Crippen molar-refractivity contribution in [2.75, 3.05) is 30.4 Å². The van der Waals surface area contributed by atoms with E-state index in [1.807, 2.05) is 32.0 Å². The van der Waals surface area contributed by atoms with Crippen molar-refractivity contribution in [1.82, 2.24) is 9.97 Å². The summed E-state index contributed by atoms with van der Waals surface area (Å²) in [5.74, 6) is 2.92. The van der Waals surface area contributed by atoms with Crippen LogP contribution in [0.5, 0.6) is 5.75 Å². The molecule has 1 fully saturated rings. The summed E-state index contributed by atoms with van der Waals surface area (Å²) in [5, 5.41) is 3.97. The number of aromatic nitrogens is 2. The first-order valence-electron chi connectivity index (χ1n) is 8.68. The van der Waals surface area contributed by atoms with Gasteiger partial charge in [-0.05, 0) is 44.2 Å². The van der Waals surface area contributed by atoms with Crippen molar-refractivity contribution in [1.29, 1.82) is 0 Å². The average Bonchev–Trinajstić information content (AvgIpc) is 2.57. The van der Waals surface area contributed by atoms with Gasteiger partial charge in [0.25, 0.3) is 0 Å². The van der Waals surface area contributed by atoms with Crippen LogP contribution in [0.2, 0.25) is 5.02 Å². The lowest BCUT2D eigenvalue weighted by Gasteiger charge is -2.32. The van der Waals surface area contributed by atoms with Crippen LogP contribution in [-0.4, -0.2) is 30.2 Å². The van der Waals surface area contributed by atoms with Crippen LogP contribution in [0.4, 0.5) is 17.5 Å². The highest BCUT2D eigenvalue weighted by atomic mass is 35.5. The third kappa shape index (κ3) is 4.15. The molecule has 0 radical (unpaired) electrons. The fourth-order valence-electron chi connectivity index (χ4n) is 3.22. The lowest BCUT2D eigenvalue weighted by Crippen LogP contribution is -2.35. The van der Waals surface area contributed by atoms with Crippen LogP contribution in [0.15, 0.2) is 18.2 Å². The van der Waals surface area contributed by atoms with E-state index in [2.05, 4.69) is 22.1 Å². The Labute approximate surface area is 154 Å². The maximum Gasteiger partial charge on any atom is 0.229 e. The number of methoxy groups -OCH3 is 1. The number of nitrogens with zero attached hydrogens (tertiary/aromatic N) is 3. The second kappa shape index (κ2) is 7.48. The molecule has 1 aromatic heterocycles. The van der Waals surface area contributed by atoms with Crippen molar-refractivity contribution in [3.8, 4) is 5.75 Å². The fraction of sp³-hybridized carbons (Fsp3) is 0.474. The van der Waals surface area contributed by atoms with Crippen LogP contribution >= 0.6 is 11.6 Å². The Bertz CT molecular complexity index is 765. The second-order valence-corrected chi connectivity index (χ2v) is 7.22. The Morgan fingerprint density at radius 3 is 2.76 bits per heavy atom. The van der Waals surface area contributed by atoms with Crippen molar-refractivity contribution in [3.05, 3.63) is 34.5 Å². The third-order valence-corrected chi connectivity index (χ3v) is 4.96. The Morgan fingerprint density at radius 1 is 1.24 bits per heavy atom. The highest BCUT2D eigenvalue weighted by Gasteiger charge is 2.19. The maximum absolute atomic E-state index is 6.19. The van der Waals surface area contributed by atoms with E-state index in [4.69, 9.17) is 21.3 Å². The number of hydrogen-bond acceptors (Lipinski definition) is 5. The number of rotatable bonds is 4. The van der Waals surface area contributed by atoms with Gasteiger partial charge in [0, 0.05) is 35.9 Å². The summed E-state index contributed by atoms with van der Waals surface area (Å²) in [7, 11) is 1.63. The SMILES string of the molecule is COc1cc(Cl)c(C)cc1Nc1nc(C)cc(N2CCCC(C)C2)n1. The number of nitrogens with one attached hydrogen (secondary N) is 1. The zero-order valence-electron chi connectivity index (χ0n) is 15.3. The number of benzene rings is 1. The molecule has 2 aromatic rings. The second-order valence-electron chi connectivity index (χ2n) is 6.81. The molecule has 0 aliphatic carbocycles. The molecule has 5 nitrogen and oxygen atoms in total. The summed E-state index contributed by atoms with van der Waals surface area (Å²) < 4.78 is 5.43. The van der Waals surface area contributed by atoms with Gasteiger partial charge in [-0.1, -0.05) is 18.5 Å². The van der Waals surface area contributed by atoms with Gasteiger partial charge in [-0.25, -0.2) is 4.98 Å². The van der Waals surface area contributed by atoms with E-state index in [9.17, 15) is 0 Å². The van der Waals surface area contributed by atoms with Gasteiger partial charge in [0.05, 0.1) is 12.8 Å². The van der Waals surface area contributed by atoms with Gasteiger partial charge in [-0.3, -0.25) is 0 Å². The van der Waals surface area contributed by atoms with Crippen LogP contribution in [-0.2, 0) is 0 Å². The quantitative estimate of drug-likeness (QED) is 0.853. The first-order valence-corrected chi connectivity index (χ1v) is 9.06. The van der Waals surface area contributed by atoms with Gasteiger partial charge < -0.3 is 15.0 Å². The van der Waals surface area contributed by atoms with Gasteiger partial charge in [0.1, 0.15) is 11.6 Å². The molecule has 1 unspecified atom stereocenters. The average molecular weight is 361 g/mol. The van der Waals surface area contributed by atoms with E-state index in [1.54, 1.807) is 7.11 Å². The molecule has 1 saturated heterocycles. The Hall–Kier alpha value is -2.01. The molecule has 6 heteroatoms. The van der Waals surface area contributed by atoms with Gasteiger partial charge >= 0.3 is 0 Å². The molecule has 3 rings (SSSR count). The molecule has 0 amide bonds. The molecule has 0 saturated carbocycles. The van der Waals surface area contributed by atoms with E-state index in [1.165, 1.54) is 12.8 Å². The van der Waals surface area contributed by atoms with Crippen LogP contribution in [0.3, 0.4) is 0 Å². The molecule has 1 aromatic carbocycles. The van der Waals surface area contributed by atoms with Crippen molar-refractivity contribution >= 4 is 29.1 Å².